The normalized spacial score (nSPS) is 11.8. The highest BCUT2D eigenvalue weighted by Gasteiger charge is 2.18. The Hall–Kier alpha value is -3.21. The molecule has 0 saturated heterocycles. The molecule has 3 aromatic heterocycles. The Bertz CT molecular complexity index is 1250. The molecule has 3 heterocycles. The van der Waals surface area contributed by atoms with E-state index in [9.17, 15) is 4.39 Å². The van der Waals surface area contributed by atoms with Gasteiger partial charge < -0.3 is 8.98 Å². The minimum absolute atomic E-state index is 0.307. The summed E-state index contributed by atoms with van der Waals surface area (Å²) >= 11 is 0. The maximum Gasteiger partial charge on any atom is 0.229 e. The Morgan fingerprint density at radius 1 is 0.960 bits per heavy atom. The van der Waals surface area contributed by atoms with E-state index in [0.29, 0.717) is 11.3 Å². The molecule has 0 aliphatic rings. The van der Waals surface area contributed by atoms with Crippen molar-refractivity contribution in [3.8, 4) is 11.4 Å². The van der Waals surface area contributed by atoms with Crippen LogP contribution in [0.15, 0.2) is 59.0 Å². The summed E-state index contributed by atoms with van der Waals surface area (Å²) in [6.45, 7) is 2.88. The van der Waals surface area contributed by atoms with Gasteiger partial charge in [-0.2, -0.15) is 9.37 Å². The summed E-state index contributed by atoms with van der Waals surface area (Å²) in [5, 5.41) is 1.71. The summed E-state index contributed by atoms with van der Waals surface area (Å²) in [6, 6.07) is 17.0. The number of para-hydroxylation sites is 3. The van der Waals surface area contributed by atoms with E-state index in [2.05, 4.69) is 22.5 Å². The number of rotatable bonds is 2. The van der Waals surface area contributed by atoms with Crippen LogP contribution in [0.1, 0.15) is 6.92 Å². The summed E-state index contributed by atoms with van der Waals surface area (Å²) < 4.78 is 21.5. The number of aryl methyl sites for hydroxylation is 1. The van der Waals surface area contributed by atoms with Crippen LogP contribution in [0.3, 0.4) is 0 Å². The summed E-state index contributed by atoms with van der Waals surface area (Å²) in [5.74, 6) is 0.294. The highest BCUT2D eigenvalue weighted by atomic mass is 19.1. The van der Waals surface area contributed by atoms with Gasteiger partial charge in [0.05, 0.1) is 16.6 Å². The zero-order chi connectivity index (χ0) is 17.0. The van der Waals surface area contributed by atoms with Gasteiger partial charge in [-0.25, -0.2) is 4.98 Å². The summed E-state index contributed by atoms with van der Waals surface area (Å²) in [7, 11) is 0. The van der Waals surface area contributed by atoms with E-state index >= 15 is 0 Å². The highest BCUT2D eigenvalue weighted by molar-refractivity contribution is 6.08. The van der Waals surface area contributed by atoms with Gasteiger partial charge in [-0.3, -0.25) is 0 Å². The molecule has 0 radical (unpaired) electrons. The number of halogens is 1. The molecule has 0 fully saturated rings. The van der Waals surface area contributed by atoms with Gasteiger partial charge in [-0.1, -0.05) is 24.3 Å². The zero-order valence-electron chi connectivity index (χ0n) is 13.5. The molecular weight excluding hydrogens is 317 g/mol. The number of benzene rings is 2. The van der Waals surface area contributed by atoms with E-state index in [1.54, 1.807) is 6.07 Å². The van der Waals surface area contributed by atoms with Gasteiger partial charge in [0.25, 0.3) is 0 Å². The summed E-state index contributed by atoms with van der Waals surface area (Å²) in [4.78, 5) is 8.67. The number of fused-ring (bicyclic) bond motifs is 4. The second-order valence-electron chi connectivity index (χ2n) is 5.94. The highest BCUT2D eigenvalue weighted by Crippen LogP contribution is 2.35. The number of hydrogen-bond acceptors (Lipinski definition) is 3. The summed E-state index contributed by atoms with van der Waals surface area (Å²) in [5.41, 5.74) is 3.89. The summed E-state index contributed by atoms with van der Waals surface area (Å²) in [6.07, 6.45) is 0. The second-order valence-corrected chi connectivity index (χ2v) is 5.94. The van der Waals surface area contributed by atoms with Gasteiger partial charge in [0.2, 0.25) is 11.7 Å². The van der Waals surface area contributed by atoms with E-state index in [4.69, 9.17) is 9.40 Å². The Morgan fingerprint density at radius 2 is 1.84 bits per heavy atom. The molecule has 5 rings (SSSR count). The molecule has 0 aliphatic heterocycles. The Morgan fingerprint density at radius 3 is 2.72 bits per heavy atom. The molecule has 4 nitrogen and oxygen atoms in total. The first kappa shape index (κ1) is 14.2. The number of imidazole rings is 1. The van der Waals surface area contributed by atoms with Crippen molar-refractivity contribution < 1.29 is 8.81 Å². The van der Waals surface area contributed by atoms with Crippen LogP contribution >= 0.6 is 0 Å². The minimum Gasteiger partial charge on any atom is -0.437 e. The fourth-order valence-corrected chi connectivity index (χ4v) is 3.43. The lowest BCUT2D eigenvalue weighted by Crippen LogP contribution is -1.97. The molecule has 0 unspecified atom stereocenters. The van der Waals surface area contributed by atoms with Crippen LogP contribution in [0.25, 0.3) is 44.5 Å². The van der Waals surface area contributed by atoms with Crippen LogP contribution in [0.2, 0.25) is 0 Å². The number of hydrogen-bond donors (Lipinski definition) is 0. The minimum atomic E-state index is -0.547. The molecule has 0 amide bonds. The molecule has 122 valence electrons. The van der Waals surface area contributed by atoms with Gasteiger partial charge >= 0.3 is 0 Å². The fraction of sp³-hybridized carbons (Fsp3) is 0.100. The lowest BCUT2D eigenvalue weighted by Gasteiger charge is -2.06. The molecule has 0 spiro atoms. The van der Waals surface area contributed by atoms with Crippen molar-refractivity contribution in [2.45, 2.75) is 13.5 Å². The van der Waals surface area contributed by atoms with Crippen LogP contribution in [0, 0.1) is 5.95 Å². The van der Waals surface area contributed by atoms with Crippen molar-refractivity contribution in [1.82, 2.24) is 14.5 Å². The smallest absolute Gasteiger partial charge is 0.229 e. The van der Waals surface area contributed by atoms with Crippen molar-refractivity contribution in [2.75, 3.05) is 0 Å². The van der Waals surface area contributed by atoms with Crippen LogP contribution in [-0.2, 0) is 6.54 Å². The number of furan rings is 1. The molecule has 0 atom stereocenters. The predicted octanol–water partition coefficient (Wildman–Crippen LogP) is 5.16. The lowest BCUT2D eigenvalue weighted by molar-refractivity contribution is 0.569. The fourth-order valence-electron chi connectivity index (χ4n) is 3.43. The van der Waals surface area contributed by atoms with Crippen LogP contribution in [0.5, 0.6) is 0 Å². The van der Waals surface area contributed by atoms with Crippen LogP contribution < -0.4 is 0 Å². The monoisotopic (exact) mass is 331 g/mol. The molecule has 0 saturated carbocycles. The maximum absolute atomic E-state index is 13.5. The van der Waals surface area contributed by atoms with Crippen molar-refractivity contribution in [1.29, 1.82) is 0 Å². The zero-order valence-corrected chi connectivity index (χ0v) is 13.5. The number of pyridine rings is 1. The molecule has 5 heteroatoms. The second kappa shape index (κ2) is 5.14. The van der Waals surface area contributed by atoms with Gasteiger partial charge in [-0.05, 0) is 37.3 Å². The van der Waals surface area contributed by atoms with Gasteiger partial charge in [0.1, 0.15) is 11.4 Å². The molecule has 5 aromatic rings. The van der Waals surface area contributed by atoms with Crippen LogP contribution in [-0.4, -0.2) is 14.5 Å². The van der Waals surface area contributed by atoms with Gasteiger partial charge in [-0.15, -0.1) is 0 Å². The standard InChI is InChI=1S/C20H14FN3O/c1-2-24-16-9-4-3-8-15(16)22-19(24)14-7-5-6-12-13-10-11-17(21)23-20(13)25-18(12)14/h3-11H,2H2,1H3. The average Bonchev–Trinajstić information content (AvgIpc) is 3.18. The third-order valence-corrected chi connectivity index (χ3v) is 4.54. The first-order chi connectivity index (χ1) is 12.3. The molecule has 0 N–H and O–H groups in total. The van der Waals surface area contributed by atoms with Gasteiger partial charge in [0, 0.05) is 17.3 Å². The Balaban J connectivity index is 1.88. The largest absolute Gasteiger partial charge is 0.437 e. The van der Waals surface area contributed by atoms with Crippen molar-refractivity contribution >= 4 is 33.1 Å². The molecule has 0 bridgehead atoms. The van der Waals surface area contributed by atoms with Crippen molar-refractivity contribution in [3.63, 3.8) is 0 Å². The van der Waals surface area contributed by atoms with E-state index in [1.807, 2.05) is 36.4 Å². The first-order valence-electron chi connectivity index (χ1n) is 8.19. The Labute approximate surface area is 142 Å². The van der Waals surface area contributed by atoms with Gasteiger partial charge in [0.15, 0.2) is 0 Å². The molecule has 2 aromatic carbocycles. The van der Waals surface area contributed by atoms with Crippen molar-refractivity contribution in [2.24, 2.45) is 0 Å². The average molecular weight is 331 g/mol. The Kier molecular flexibility index (Phi) is 2.91. The third kappa shape index (κ3) is 1.99. The third-order valence-electron chi connectivity index (χ3n) is 4.54. The topological polar surface area (TPSA) is 43.9 Å². The van der Waals surface area contributed by atoms with E-state index < -0.39 is 5.95 Å². The lowest BCUT2D eigenvalue weighted by atomic mass is 10.1. The maximum atomic E-state index is 13.5. The number of aromatic nitrogens is 3. The quantitative estimate of drug-likeness (QED) is 0.420. The van der Waals surface area contributed by atoms with E-state index in [0.717, 1.165) is 39.7 Å². The number of nitrogens with zero attached hydrogens (tertiary/aromatic N) is 3. The first-order valence-corrected chi connectivity index (χ1v) is 8.19. The molecular formula is C20H14FN3O. The van der Waals surface area contributed by atoms with Crippen LogP contribution in [0.4, 0.5) is 4.39 Å². The SMILES string of the molecule is CCn1c(-c2cccc3c2oc2nc(F)ccc23)nc2ccccc21. The molecule has 25 heavy (non-hydrogen) atoms. The van der Waals surface area contributed by atoms with E-state index in [-0.39, 0.29) is 0 Å². The van der Waals surface area contributed by atoms with Crippen molar-refractivity contribution in [3.05, 3.63) is 60.5 Å². The predicted molar refractivity (Wildman–Crippen MR) is 95.9 cm³/mol. The van der Waals surface area contributed by atoms with E-state index in [1.165, 1.54) is 6.07 Å². The molecule has 0 aliphatic carbocycles.